The molecule has 5 N–H and O–H groups in total. The number of rotatable bonds is 10. The molecule has 8 heteroatoms. The molecule has 1 aromatic rings. The Balaban J connectivity index is 3.30. The number of nitrogens with zero attached hydrogens (tertiary/aromatic N) is 2. The number of hydrogen-bond acceptors (Lipinski definition) is 6. The second-order valence-electron chi connectivity index (χ2n) is 5.96. The summed E-state index contributed by atoms with van der Waals surface area (Å²) in [6.07, 6.45) is 4.34. The first-order chi connectivity index (χ1) is 11.8. The Morgan fingerprint density at radius 2 is 2.16 bits per heavy atom. The monoisotopic (exact) mass is 479 g/mol. The topological polar surface area (TPSA) is 70.5 Å². The minimum absolute atomic E-state index is 0.148. The van der Waals surface area contributed by atoms with Crippen LogP contribution in [0.3, 0.4) is 0 Å². The number of likely N-dealkylation sites (N-methyl/N-ethyl adjacent to an activating group) is 1. The molecule has 0 saturated carbocycles. The van der Waals surface area contributed by atoms with Gasteiger partial charge in [0.15, 0.2) is 0 Å². The SMILES string of the molecule is C=CCN/C(C)=C\c1cc(CC(CN)N(C)C)cc(F)c1N(N)SI. The van der Waals surface area contributed by atoms with Gasteiger partial charge in [-0.2, -0.15) is 0 Å². The van der Waals surface area contributed by atoms with Crippen molar-refractivity contribution in [2.45, 2.75) is 19.4 Å². The molecule has 1 unspecified atom stereocenters. The zero-order valence-corrected chi connectivity index (χ0v) is 17.9. The summed E-state index contributed by atoms with van der Waals surface area (Å²) in [5.41, 5.74) is 8.72. The summed E-state index contributed by atoms with van der Waals surface area (Å²) in [5.74, 6) is 5.61. The van der Waals surface area contributed by atoms with E-state index in [1.165, 1.54) is 19.6 Å². The average molecular weight is 479 g/mol. The molecule has 0 aliphatic rings. The van der Waals surface area contributed by atoms with E-state index in [1.54, 1.807) is 6.08 Å². The van der Waals surface area contributed by atoms with Crippen molar-refractivity contribution >= 4 is 42.1 Å². The van der Waals surface area contributed by atoms with Gasteiger partial charge < -0.3 is 16.0 Å². The Bertz CT molecular complexity index is 609. The molecular weight excluding hydrogens is 452 g/mol. The zero-order chi connectivity index (χ0) is 19.0. The van der Waals surface area contributed by atoms with Crippen molar-refractivity contribution in [3.63, 3.8) is 0 Å². The van der Waals surface area contributed by atoms with Crippen LogP contribution >= 0.6 is 30.3 Å². The van der Waals surface area contributed by atoms with E-state index in [4.69, 9.17) is 11.6 Å². The van der Waals surface area contributed by atoms with Gasteiger partial charge in [-0.3, -0.25) is 0 Å². The van der Waals surface area contributed by atoms with Crippen molar-refractivity contribution in [2.75, 3.05) is 31.6 Å². The molecule has 5 nitrogen and oxygen atoms in total. The molecule has 140 valence electrons. The molecule has 0 heterocycles. The maximum Gasteiger partial charge on any atom is 0.149 e. The molecule has 0 fully saturated rings. The van der Waals surface area contributed by atoms with Crippen molar-refractivity contribution < 1.29 is 4.39 Å². The van der Waals surface area contributed by atoms with Gasteiger partial charge in [0.1, 0.15) is 11.5 Å². The fourth-order valence-corrected chi connectivity index (χ4v) is 3.29. The molecule has 1 rings (SSSR count). The molecule has 0 aliphatic carbocycles. The number of anilines is 1. The molecule has 1 atom stereocenters. The summed E-state index contributed by atoms with van der Waals surface area (Å²) in [6, 6.07) is 3.66. The second-order valence-corrected chi connectivity index (χ2v) is 7.68. The highest BCUT2D eigenvalue weighted by atomic mass is 127. The van der Waals surface area contributed by atoms with E-state index in [0.29, 0.717) is 25.2 Å². The molecule has 1 aromatic carbocycles. The average Bonchev–Trinajstić information content (AvgIpc) is 2.56. The smallest absolute Gasteiger partial charge is 0.149 e. The summed E-state index contributed by atoms with van der Waals surface area (Å²) in [4.78, 5) is 2.05. The van der Waals surface area contributed by atoms with Gasteiger partial charge in [-0.1, -0.05) is 6.08 Å². The minimum atomic E-state index is -0.346. The van der Waals surface area contributed by atoms with Gasteiger partial charge in [-0.05, 0) is 51.2 Å². The van der Waals surface area contributed by atoms with E-state index >= 15 is 0 Å². The van der Waals surface area contributed by atoms with Crippen molar-refractivity contribution in [3.8, 4) is 0 Å². The molecule has 0 saturated heterocycles. The van der Waals surface area contributed by atoms with Gasteiger partial charge in [0.2, 0.25) is 0 Å². The third-order valence-electron chi connectivity index (χ3n) is 3.82. The molecule has 25 heavy (non-hydrogen) atoms. The van der Waals surface area contributed by atoms with Crippen LogP contribution in [0.15, 0.2) is 30.5 Å². The lowest BCUT2D eigenvalue weighted by Gasteiger charge is -2.24. The van der Waals surface area contributed by atoms with Gasteiger partial charge in [0, 0.05) is 60.7 Å². The molecule has 0 spiro atoms. The lowest BCUT2D eigenvalue weighted by atomic mass is 10.0. The van der Waals surface area contributed by atoms with Gasteiger partial charge in [0.25, 0.3) is 0 Å². The van der Waals surface area contributed by atoms with Crippen molar-refractivity contribution in [2.24, 2.45) is 11.6 Å². The van der Waals surface area contributed by atoms with Gasteiger partial charge in [-0.15, -0.1) is 6.58 Å². The summed E-state index contributed by atoms with van der Waals surface area (Å²) in [7, 11) is 5.17. The molecule has 0 radical (unpaired) electrons. The maximum absolute atomic E-state index is 14.8. The Morgan fingerprint density at radius 1 is 1.48 bits per heavy atom. The normalized spacial score (nSPS) is 13.0. The van der Waals surface area contributed by atoms with Gasteiger partial charge >= 0.3 is 0 Å². The van der Waals surface area contributed by atoms with Crippen LogP contribution in [0.5, 0.6) is 0 Å². The van der Waals surface area contributed by atoms with Crippen LogP contribution in [-0.2, 0) is 6.42 Å². The largest absolute Gasteiger partial charge is 0.385 e. The van der Waals surface area contributed by atoms with E-state index in [2.05, 4.69) is 11.9 Å². The third kappa shape index (κ3) is 6.78. The summed E-state index contributed by atoms with van der Waals surface area (Å²) < 4.78 is 16.1. The van der Waals surface area contributed by atoms with Crippen LogP contribution in [0.4, 0.5) is 10.1 Å². The van der Waals surface area contributed by atoms with E-state index in [-0.39, 0.29) is 11.9 Å². The predicted octanol–water partition coefficient (Wildman–Crippen LogP) is 3.07. The van der Waals surface area contributed by atoms with Crippen LogP contribution in [0.2, 0.25) is 0 Å². The Hall–Kier alpha value is -0.810. The zero-order valence-electron chi connectivity index (χ0n) is 14.9. The number of nitrogens with one attached hydrogen (secondary N) is 1. The van der Waals surface area contributed by atoms with Gasteiger partial charge in [0.05, 0.1) is 0 Å². The quantitative estimate of drug-likeness (QED) is 0.158. The van der Waals surface area contributed by atoms with Crippen molar-refractivity contribution in [3.05, 3.63) is 47.4 Å². The van der Waals surface area contributed by atoms with Gasteiger partial charge in [-0.25, -0.2) is 14.6 Å². The third-order valence-corrected chi connectivity index (χ3v) is 5.42. The fraction of sp³-hybridized carbons (Fsp3) is 0.412. The van der Waals surface area contributed by atoms with Crippen molar-refractivity contribution in [1.82, 2.24) is 10.2 Å². The Labute approximate surface area is 166 Å². The summed E-state index contributed by atoms with van der Waals surface area (Å²) >= 11 is 2.03. The summed E-state index contributed by atoms with van der Waals surface area (Å²) in [6.45, 7) is 6.77. The lowest BCUT2D eigenvalue weighted by molar-refractivity contribution is 0.297. The number of allylic oxidation sites excluding steroid dienone is 1. The second kappa shape index (κ2) is 11.0. The Kier molecular flexibility index (Phi) is 9.80. The highest BCUT2D eigenvalue weighted by molar-refractivity contribution is 14.2. The Morgan fingerprint density at radius 3 is 2.68 bits per heavy atom. The first kappa shape index (κ1) is 22.2. The molecular formula is C17H27FIN5S. The first-order valence-electron chi connectivity index (χ1n) is 7.89. The predicted molar refractivity (Wildman–Crippen MR) is 117 cm³/mol. The number of nitrogens with two attached hydrogens (primary N) is 2. The molecule has 0 bridgehead atoms. The van der Waals surface area contributed by atoms with E-state index < -0.39 is 0 Å². The number of halogens is 2. The number of hydrogen-bond donors (Lipinski definition) is 3. The molecule has 0 amide bonds. The van der Waals surface area contributed by atoms with Crippen LogP contribution in [0.1, 0.15) is 18.1 Å². The number of benzene rings is 1. The number of hydrazine groups is 1. The van der Waals surface area contributed by atoms with E-state index in [1.807, 2.05) is 59.3 Å². The minimum Gasteiger partial charge on any atom is -0.385 e. The highest BCUT2D eigenvalue weighted by Gasteiger charge is 2.17. The maximum atomic E-state index is 14.8. The van der Waals surface area contributed by atoms with E-state index in [9.17, 15) is 4.39 Å². The van der Waals surface area contributed by atoms with Crippen LogP contribution in [-0.4, -0.2) is 38.1 Å². The summed E-state index contributed by atoms with van der Waals surface area (Å²) in [5, 5.41) is 3.20. The van der Waals surface area contributed by atoms with E-state index in [0.717, 1.165) is 16.8 Å². The first-order valence-corrected chi connectivity index (χ1v) is 11.2. The van der Waals surface area contributed by atoms with Crippen LogP contribution in [0, 0.1) is 5.82 Å². The highest BCUT2D eigenvalue weighted by Crippen LogP contribution is 2.32. The van der Waals surface area contributed by atoms with Crippen LogP contribution in [0.25, 0.3) is 6.08 Å². The molecule has 0 aliphatic heterocycles. The van der Waals surface area contributed by atoms with Crippen LogP contribution < -0.4 is 21.3 Å². The standard InChI is InChI=1S/C17H27FIN5S/c1-5-6-22-12(2)7-14-8-13(9-15(11-20)23(3)4)10-16(18)17(14)24(21)25-19/h5,7-8,10,15,22H,1,6,9,11,20-21H2,2-4H3/b12-7-. The lowest BCUT2D eigenvalue weighted by Crippen LogP contribution is -2.37. The molecule has 0 aromatic heterocycles. The fourth-order valence-electron chi connectivity index (χ4n) is 2.44. The van der Waals surface area contributed by atoms with Crippen molar-refractivity contribution in [1.29, 1.82) is 0 Å².